The zero-order valence-corrected chi connectivity index (χ0v) is 12.9. The van der Waals surface area contributed by atoms with Crippen molar-refractivity contribution in [2.24, 2.45) is 0 Å². The topological polar surface area (TPSA) is 67.4 Å². The fraction of sp³-hybridized carbons (Fsp3) is 0.769. The molecule has 0 radical (unpaired) electrons. The molecular weight excluding hydrogens is 276 g/mol. The lowest BCUT2D eigenvalue weighted by atomic mass is 10.3. The second-order valence-corrected chi connectivity index (χ2v) is 6.05. The number of nitrogens with one attached hydrogen (secondary N) is 1. The molecule has 2 rings (SSSR count). The summed E-state index contributed by atoms with van der Waals surface area (Å²) in [5.41, 5.74) is 0. The molecule has 1 aliphatic rings. The minimum absolute atomic E-state index is 0.00150. The van der Waals surface area contributed by atoms with E-state index >= 15 is 0 Å². The van der Waals surface area contributed by atoms with E-state index in [4.69, 9.17) is 4.74 Å². The maximum atomic E-state index is 11.9. The SMILES string of the molecule is CCc1nnc(NC(=O)CCN2CCCO[C@H](C)C2)s1. The van der Waals surface area contributed by atoms with E-state index in [0.717, 1.165) is 44.1 Å². The highest BCUT2D eigenvalue weighted by molar-refractivity contribution is 7.15. The molecule has 0 aliphatic carbocycles. The lowest BCUT2D eigenvalue weighted by molar-refractivity contribution is -0.116. The quantitative estimate of drug-likeness (QED) is 0.893. The Morgan fingerprint density at radius 1 is 1.55 bits per heavy atom. The standard InChI is InChI=1S/C13H22N4O2S/c1-3-12-15-16-13(20-12)14-11(18)5-7-17-6-4-8-19-10(2)9-17/h10H,3-9H2,1-2H3,(H,14,16,18)/t10-/m1/s1. The molecule has 1 aromatic heterocycles. The summed E-state index contributed by atoms with van der Waals surface area (Å²) in [7, 11) is 0. The Kier molecular flexibility index (Phi) is 5.87. The monoisotopic (exact) mass is 298 g/mol. The van der Waals surface area contributed by atoms with Gasteiger partial charge < -0.3 is 15.0 Å². The van der Waals surface area contributed by atoms with Crippen LogP contribution in [0.5, 0.6) is 0 Å². The number of hydrogen-bond donors (Lipinski definition) is 1. The van der Waals surface area contributed by atoms with Gasteiger partial charge in [0.05, 0.1) is 6.10 Å². The number of rotatable bonds is 5. The Bertz CT molecular complexity index is 438. The molecule has 1 aliphatic heterocycles. The van der Waals surface area contributed by atoms with Crippen molar-refractivity contribution in [3.63, 3.8) is 0 Å². The van der Waals surface area contributed by atoms with Crippen molar-refractivity contribution in [1.29, 1.82) is 0 Å². The maximum absolute atomic E-state index is 11.9. The summed E-state index contributed by atoms with van der Waals surface area (Å²) in [5.74, 6) is 0.00150. The van der Waals surface area contributed by atoms with Gasteiger partial charge in [-0.3, -0.25) is 4.79 Å². The van der Waals surface area contributed by atoms with Gasteiger partial charge in [0.1, 0.15) is 5.01 Å². The molecule has 20 heavy (non-hydrogen) atoms. The van der Waals surface area contributed by atoms with Gasteiger partial charge in [-0.05, 0) is 19.8 Å². The number of carbonyl (C=O) groups is 1. The largest absolute Gasteiger partial charge is 0.377 e. The van der Waals surface area contributed by atoms with E-state index in [2.05, 4.69) is 27.3 Å². The highest BCUT2D eigenvalue weighted by atomic mass is 32.1. The molecule has 1 aromatic rings. The van der Waals surface area contributed by atoms with Gasteiger partial charge in [0.25, 0.3) is 0 Å². The van der Waals surface area contributed by atoms with Crippen molar-refractivity contribution in [3.05, 3.63) is 5.01 Å². The van der Waals surface area contributed by atoms with Crippen molar-refractivity contribution in [2.45, 2.75) is 39.2 Å². The van der Waals surface area contributed by atoms with Crippen LogP contribution in [0.4, 0.5) is 5.13 Å². The van der Waals surface area contributed by atoms with Crippen LogP contribution in [0.2, 0.25) is 0 Å². The normalized spacial score (nSPS) is 20.6. The van der Waals surface area contributed by atoms with Crippen molar-refractivity contribution < 1.29 is 9.53 Å². The van der Waals surface area contributed by atoms with Gasteiger partial charge in [0.2, 0.25) is 11.0 Å². The number of carbonyl (C=O) groups excluding carboxylic acids is 1. The third kappa shape index (κ3) is 4.81. The molecule has 1 amide bonds. The highest BCUT2D eigenvalue weighted by Crippen LogP contribution is 2.15. The zero-order chi connectivity index (χ0) is 14.4. The van der Waals surface area contributed by atoms with Gasteiger partial charge in [-0.1, -0.05) is 18.3 Å². The minimum Gasteiger partial charge on any atom is -0.377 e. The summed E-state index contributed by atoms with van der Waals surface area (Å²) in [6.45, 7) is 7.57. The molecule has 0 saturated carbocycles. The summed E-state index contributed by atoms with van der Waals surface area (Å²) in [6, 6.07) is 0. The molecule has 0 spiro atoms. The summed E-state index contributed by atoms with van der Waals surface area (Å²) in [6.07, 6.45) is 2.60. The first-order valence-electron chi connectivity index (χ1n) is 7.13. The third-order valence-corrected chi connectivity index (χ3v) is 4.19. The van der Waals surface area contributed by atoms with Crippen LogP contribution >= 0.6 is 11.3 Å². The van der Waals surface area contributed by atoms with E-state index in [1.807, 2.05) is 6.92 Å². The van der Waals surface area contributed by atoms with E-state index in [1.54, 1.807) is 0 Å². The average Bonchev–Trinajstić information content (AvgIpc) is 2.77. The van der Waals surface area contributed by atoms with E-state index in [0.29, 0.717) is 11.6 Å². The van der Waals surface area contributed by atoms with Crippen LogP contribution in [-0.2, 0) is 16.0 Å². The fourth-order valence-corrected chi connectivity index (χ4v) is 2.87. The van der Waals surface area contributed by atoms with Crippen molar-refractivity contribution in [1.82, 2.24) is 15.1 Å². The Labute approximate surface area is 123 Å². The van der Waals surface area contributed by atoms with Crippen molar-refractivity contribution >= 4 is 22.4 Å². The Morgan fingerprint density at radius 2 is 2.40 bits per heavy atom. The number of ether oxygens (including phenoxy) is 1. The summed E-state index contributed by atoms with van der Waals surface area (Å²) in [4.78, 5) is 14.2. The minimum atomic E-state index is 0.00150. The van der Waals surface area contributed by atoms with Gasteiger partial charge in [-0.25, -0.2) is 0 Å². The molecule has 6 nitrogen and oxygen atoms in total. The Hall–Kier alpha value is -1.05. The number of aromatic nitrogens is 2. The molecule has 0 aromatic carbocycles. The summed E-state index contributed by atoms with van der Waals surface area (Å²) < 4.78 is 5.59. The third-order valence-electron chi connectivity index (χ3n) is 3.21. The number of anilines is 1. The predicted octanol–water partition coefficient (Wildman–Crippen LogP) is 1.54. The first kappa shape index (κ1) is 15.3. The van der Waals surface area contributed by atoms with Gasteiger partial charge in [-0.2, -0.15) is 0 Å². The molecule has 2 heterocycles. The fourth-order valence-electron chi connectivity index (χ4n) is 2.17. The second kappa shape index (κ2) is 7.66. The molecule has 1 atom stereocenters. The molecule has 7 heteroatoms. The molecule has 1 saturated heterocycles. The van der Waals surface area contributed by atoms with Gasteiger partial charge >= 0.3 is 0 Å². The van der Waals surface area contributed by atoms with Crippen LogP contribution in [0.15, 0.2) is 0 Å². The average molecular weight is 298 g/mol. The maximum Gasteiger partial charge on any atom is 0.227 e. The Balaban J connectivity index is 1.74. The lowest BCUT2D eigenvalue weighted by Gasteiger charge is -2.21. The number of hydrogen-bond acceptors (Lipinski definition) is 6. The Morgan fingerprint density at radius 3 is 3.15 bits per heavy atom. The van der Waals surface area contributed by atoms with Crippen molar-refractivity contribution in [2.75, 3.05) is 31.6 Å². The van der Waals surface area contributed by atoms with Crippen LogP contribution in [0, 0.1) is 0 Å². The first-order valence-corrected chi connectivity index (χ1v) is 7.95. The van der Waals surface area contributed by atoms with Gasteiger partial charge in [0, 0.05) is 32.7 Å². The first-order chi connectivity index (χ1) is 9.67. The lowest BCUT2D eigenvalue weighted by Crippen LogP contribution is -2.33. The van der Waals surface area contributed by atoms with Gasteiger partial charge in [0.15, 0.2) is 0 Å². The molecule has 1 fully saturated rings. The smallest absolute Gasteiger partial charge is 0.227 e. The summed E-state index contributed by atoms with van der Waals surface area (Å²) >= 11 is 1.44. The number of amides is 1. The zero-order valence-electron chi connectivity index (χ0n) is 12.1. The molecule has 112 valence electrons. The van der Waals surface area contributed by atoms with Crippen LogP contribution in [-0.4, -0.2) is 53.3 Å². The van der Waals surface area contributed by atoms with Crippen LogP contribution in [0.3, 0.4) is 0 Å². The van der Waals surface area contributed by atoms with Gasteiger partial charge in [-0.15, -0.1) is 10.2 Å². The number of nitrogens with zero attached hydrogens (tertiary/aromatic N) is 3. The molecular formula is C13H22N4O2S. The van der Waals surface area contributed by atoms with Crippen molar-refractivity contribution in [3.8, 4) is 0 Å². The van der Waals surface area contributed by atoms with E-state index < -0.39 is 0 Å². The van der Waals surface area contributed by atoms with E-state index in [1.165, 1.54) is 11.3 Å². The van der Waals surface area contributed by atoms with E-state index in [-0.39, 0.29) is 12.0 Å². The van der Waals surface area contributed by atoms with Crippen LogP contribution < -0.4 is 5.32 Å². The molecule has 1 N–H and O–H groups in total. The molecule has 0 unspecified atom stereocenters. The molecule has 0 bridgehead atoms. The van der Waals surface area contributed by atoms with Crippen LogP contribution in [0.25, 0.3) is 0 Å². The van der Waals surface area contributed by atoms with E-state index in [9.17, 15) is 4.79 Å². The second-order valence-electron chi connectivity index (χ2n) is 4.99. The number of aryl methyl sites for hydroxylation is 1. The summed E-state index contributed by atoms with van der Waals surface area (Å²) in [5, 5.41) is 12.3. The van der Waals surface area contributed by atoms with Crippen LogP contribution in [0.1, 0.15) is 31.7 Å². The predicted molar refractivity (Wildman–Crippen MR) is 79.0 cm³/mol. The highest BCUT2D eigenvalue weighted by Gasteiger charge is 2.16.